The Kier molecular flexibility index (Phi) is 3.72. The molecule has 2 aliphatic heterocycles. The smallest absolute Gasteiger partial charge is 0.338 e. The summed E-state index contributed by atoms with van der Waals surface area (Å²) in [6, 6.07) is 6.47. The molecule has 0 aromatic heterocycles. The molecule has 1 saturated carbocycles. The van der Waals surface area contributed by atoms with E-state index in [1.807, 2.05) is 0 Å². The number of benzene rings is 1. The zero-order chi connectivity index (χ0) is 13.9. The Labute approximate surface area is 118 Å². The number of fused-ring (bicyclic) bond motifs is 6. The van der Waals surface area contributed by atoms with Crippen LogP contribution in [-0.2, 0) is 9.47 Å². The summed E-state index contributed by atoms with van der Waals surface area (Å²) in [6.07, 6.45) is 4.90. The molecule has 2 heterocycles. The van der Waals surface area contributed by atoms with E-state index < -0.39 is 0 Å². The van der Waals surface area contributed by atoms with E-state index in [4.69, 9.17) is 9.47 Å². The van der Waals surface area contributed by atoms with Crippen LogP contribution in [0.3, 0.4) is 0 Å². The molecule has 0 spiro atoms. The second-order valence-corrected chi connectivity index (χ2v) is 5.49. The minimum atomic E-state index is -0.321. The third-order valence-corrected chi connectivity index (χ3v) is 4.18. The van der Waals surface area contributed by atoms with Crippen LogP contribution in [0.2, 0.25) is 0 Å². The minimum Gasteiger partial charge on any atom is -0.462 e. The molecular weight excluding hydrogens is 256 g/mol. The Bertz CT molecular complexity index is 506. The van der Waals surface area contributed by atoms with Gasteiger partial charge in [0, 0.05) is 0 Å². The molecule has 0 radical (unpaired) electrons. The number of hydrogen-bond acceptors (Lipinski definition) is 4. The molecule has 1 aromatic carbocycles. The molecule has 1 fully saturated rings. The summed E-state index contributed by atoms with van der Waals surface area (Å²) < 4.78 is 10.9. The van der Waals surface area contributed by atoms with Crippen molar-refractivity contribution in [2.24, 2.45) is 5.92 Å². The van der Waals surface area contributed by atoms with Gasteiger partial charge in [0.05, 0.1) is 17.7 Å². The van der Waals surface area contributed by atoms with Crippen molar-refractivity contribution < 1.29 is 19.1 Å². The first-order valence-electron chi connectivity index (χ1n) is 7.22. The lowest BCUT2D eigenvalue weighted by Crippen LogP contribution is -2.31. The maximum Gasteiger partial charge on any atom is 0.338 e. The summed E-state index contributed by atoms with van der Waals surface area (Å²) in [5.41, 5.74) is 0.966. The molecule has 1 aliphatic carbocycles. The number of rotatable bonds is 0. The van der Waals surface area contributed by atoms with E-state index in [9.17, 15) is 9.59 Å². The maximum atomic E-state index is 12.1. The van der Waals surface area contributed by atoms with Crippen LogP contribution in [0, 0.1) is 5.92 Å². The molecule has 0 saturated heterocycles. The van der Waals surface area contributed by atoms with Gasteiger partial charge in [-0.15, -0.1) is 0 Å². The fourth-order valence-corrected chi connectivity index (χ4v) is 2.99. The molecule has 2 unspecified atom stereocenters. The van der Waals surface area contributed by atoms with Crippen LogP contribution in [0.25, 0.3) is 0 Å². The van der Waals surface area contributed by atoms with Gasteiger partial charge in [-0.2, -0.15) is 0 Å². The molecular formula is C16H18O4. The van der Waals surface area contributed by atoms with Crippen LogP contribution >= 0.6 is 0 Å². The van der Waals surface area contributed by atoms with Crippen LogP contribution < -0.4 is 0 Å². The Morgan fingerprint density at radius 1 is 0.850 bits per heavy atom. The van der Waals surface area contributed by atoms with E-state index in [1.165, 1.54) is 0 Å². The molecule has 106 valence electrons. The first-order chi connectivity index (χ1) is 9.74. The Hall–Kier alpha value is -1.84. The maximum absolute atomic E-state index is 12.1. The summed E-state index contributed by atoms with van der Waals surface area (Å²) in [6.45, 7) is 0.388. The first-order valence-corrected chi connectivity index (χ1v) is 7.22. The fourth-order valence-electron chi connectivity index (χ4n) is 2.99. The lowest BCUT2D eigenvalue weighted by atomic mass is 9.84. The van der Waals surface area contributed by atoms with E-state index >= 15 is 0 Å². The van der Waals surface area contributed by atoms with Crippen molar-refractivity contribution in [1.29, 1.82) is 0 Å². The van der Waals surface area contributed by atoms with E-state index in [0.717, 1.165) is 32.1 Å². The van der Waals surface area contributed by atoms with Crippen molar-refractivity contribution in [3.63, 3.8) is 0 Å². The van der Waals surface area contributed by atoms with Gasteiger partial charge in [-0.1, -0.05) is 6.42 Å². The predicted octanol–water partition coefficient (Wildman–Crippen LogP) is 2.96. The van der Waals surface area contributed by atoms with Gasteiger partial charge in [0.25, 0.3) is 0 Å². The predicted molar refractivity (Wildman–Crippen MR) is 72.5 cm³/mol. The van der Waals surface area contributed by atoms with Crippen LogP contribution in [0.4, 0.5) is 0 Å². The van der Waals surface area contributed by atoms with Gasteiger partial charge in [0.15, 0.2) is 0 Å². The molecule has 0 amide bonds. The molecule has 0 N–H and O–H groups in total. The summed E-state index contributed by atoms with van der Waals surface area (Å²) in [5, 5.41) is 0. The fraction of sp³-hybridized carbons (Fsp3) is 0.500. The lowest BCUT2D eigenvalue weighted by Gasteiger charge is -2.31. The lowest BCUT2D eigenvalue weighted by molar-refractivity contribution is -0.00637. The van der Waals surface area contributed by atoms with Crippen molar-refractivity contribution >= 4 is 11.9 Å². The highest BCUT2D eigenvalue weighted by Crippen LogP contribution is 2.30. The van der Waals surface area contributed by atoms with Crippen LogP contribution in [-0.4, -0.2) is 24.6 Å². The molecule has 4 heteroatoms. The summed E-state index contributed by atoms with van der Waals surface area (Å²) in [4.78, 5) is 24.0. The van der Waals surface area contributed by atoms with E-state index in [1.54, 1.807) is 24.3 Å². The standard InChI is InChI=1S/C16H18O4/c17-15-12-5-7-13(8-6-12)16(18)20-14-4-2-1-3-11(14)9-10-19-15/h5-8,11,14H,1-4,9-10H2. The number of esters is 2. The van der Waals surface area contributed by atoms with Crippen molar-refractivity contribution in [1.82, 2.24) is 0 Å². The minimum absolute atomic E-state index is 0.0472. The quantitative estimate of drug-likeness (QED) is 0.682. The Morgan fingerprint density at radius 2 is 1.50 bits per heavy atom. The first kappa shape index (κ1) is 13.2. The largest absolute Gasteiger partial charge is 0.462 e. The second-order valence-electron chi connectivity index (χ2n) is 5.49. The van der Waals surface area contributed by atoms with Crippen molar-refractivity contribution in [3.05, 3.63) is 35.4 Å². The van der Waals surface area contributed by atoms with Crippen LogP contribution in [0.15, 0.2) is 24.3 Å². The van der Waals surface area contributed by atoms with E-state index in [-0.39, 0.29) is 18.0 Å². The average molecular weight is 274 g/mol. The third-order valence-electron chi connectivity index (χ3n) is 4.18. The third kappa shape index (κ3) is 2.69. The highest BCUT2D eigenvalue weighted by atomic mass is 16.5. The molecule has 3 aliphatic rings. The molecule has 4 rings (SSSR count). The van der Waals surface area contributed by atoms with Crippen molar-refractivity contribution in [3.8, 4) is 0 Å². The summed E-state index contributed by atoms with van der Waals surface area (Å²) >= 11 is 0. The Balaban J connectivity index is 1.87. The highest BCUT2D eigenvalue weighted by molar-refractivity contribution is 5.93. The molecule has 2 atom stereocenters. The number of carbonyl (C=O) groups excluding carboxylic acids is 2. The summed E-state index contributed by atoms with van der Waals surface area (Å²) in [7, 11) is 0. The van der Waals surface area contributed by atoms with Gasteiger partial charge in [0.2, 0.25) is 0 Å². The molecule has 4 nitrogen and oxygen atoms in total. The van der Waals surface area contributed by atoms with Gasteiger partial charge in [-0.3, -0.25) is 0 Å². The van der Waals surface area contributed by atoms with Gasteiger partial charge < -0.3 is 9.47 Å². The van der Waals surface area contributed by atoms with Gasteiger partial charge in [-0.05, 0) is 55.9 Å². The van der Waals surface area contributed by atoms with Crippen molar-refractivity contribution in [2.45, 2.75) is 38.2 Å². The average Bonchev–Trinajstić information content (AvgIpc) is 2.48. The molecule has 20 heavy (non-hydrogen) atoms. The summed E-state index contributed by atoms with van der Waals surface area (Å²) in [5.74, 6) is -0.308. The molecule has 1 aromatic rings. The van der Waals surface area contributed by atoms with Crippen molar-refractivity contribution in [2.75, 3.05) is 6.61 Å². The van der Waals surface area contributed by atoms with Gasteiger partial charge in [-0.25, -0.2) is 9.59 Å². The number of carbonyl (C=O) groups is 2. The highest BCUT2D eigenvalue weighted by Gasteiger charge is 2.29. The van der Waals surface area contributed by atoms with Crippen LogP contribution in [0.5, 0.6) is 0 Å². The van der Waals surface area contributed by atoms with Crippen LogP contribution in [0.1, 0.15) is 52.8 Å². The van der Waals surface area contributed by atoms with Gasteiger partial charge in [0.1, 0.15) is 6.10 Å². The second kappa shape index (κ2) is 5.65. The van der Waals surface area contributed by atoms with Gasteiger partial charge >= 0.3 is 11.9 Å². The number of ether oxygens (including phenoxy) is 2. The SMILES string of the molecule is O=C1OCCC2CCCCC2OC(=O)c2ccc1cc2. The van der Waals surface area contributed by atoms with E-state index in [0.29, 0.717) is 23.7 Å². The topological polar surface area (TPSA) is 52.6 Å². The zero-order valence-corrected chi connectivity index (χ0v) is 11.3. The molecule has 2 bridgehead atoms. The van der Waals surface area contributed by atoms with E-state index in [2.05, 4.69) is 0 Å². The monoisotopic (exact) mass is 274 g/mol. The zero-order valence-electron chi connectivity index (χ0n) is 11.3. The normalized spacial score (nSPS) is 26.8. The number of hydrogen-bond donors (Lipinski definition) is 0. The Morgan fingerprint density at radius 3 is 2.25 bits per heavy atom.